The van der Waals surface area contributed by atoms with E-state index in [0.717, 1.165) is 0 Å². The highest BCUT2D eigenvalue weighted by Crippen LogP contribution is 2.08. The van der Waals surface area contributed by atoms with Crippen molar-refractivity contribution in [1.82, 2.24) is 9.62 Å². The number of amides is 1. The van der Waals surface area contributed by atoms with Gasteiger partial charge in [0, 0.05) is 14.1 Å². The molecule has 2 N–H and O–H groups in total. The summed E-state index contributed by atoms with van der Waals surface area (Å²) in [6, 6.07) is 5.65. The second-order valence-corrected chi connectivity index (χ2v) is 6.18. The molecular weight excluding hydrogens is 284 g/mol. The fourth-order valence-corrected chi connectivity index (χ4v) is 2.46. The highest BCUT2D eigenvalue weighted by atomic mass is 32.2. The summed E-state index contributed by atoms with van der Waals surface area (Å²) in [4.78, 5) is 23.4. The van der Waals surface area contributed by atoms with E-state index in [2.05, 4.69) is 4.72 Å². The second-order valence-electron chi connectivity index (χ2n) is 4.37. The molecule has 1 rings (SSSR count). The van der Waals surface area contributed by atoms with Gasteiger partial charge in [0.1, 0.15) is 0 Å². The van der Waals surface area contributed by atoms with Crippen molar-refractivity contribution in [3.05, 3.63) is 35.4 Å². The third-order valence-corrected chi connectivity index (χ3v) is 3.77. The van der Waals surface area contributed by atoms with E-state index in [-0.39, 0.29) is 23.8 Å². The Kier molecular flexibility index (Phi) is 5.23. The van der Waals surface area contributed by atoms with Gasteiger partial charge in [-0.2, -0.15) is 0 Å². The zero-order valence-electron chi connectivity index (χ0n) is 11.2. The van der Waals surface area contributed by atoms with E-state index in [0.29, 0.717) is 5.56 Å². The van der Waals surface area contributed by atoms with E-state index in [4.69, 9.17) is 5.11 Å². The lowest BCUT2D eigenvalue weighted by atomic mass is 10.1. The lowest BCUT2D eigenvalue weighted by Gasteiger charge is -2.11. The van der Waals surface area contributed by atoms with Crippen LogP contribution in [0.25, 0.3) is 0 Å². The summed E-state index contributed by atoms with van der Waals surface area (Å²) in [5, 5.41) is 8.83. The first-order valence-electron chi connectivity index (χ1n) is 5.71. The first kappa shape index (κ1) is 16.1. The summed E-state index contributed by atoms with van der Waals surface area (Å²) in [5.74, 6) is -1.87. The van der Waals surface area contributed by atoms with Crippen molar-refractivity contribution in [2.75, 3.05) is 20.6 Å². The Bertz CT molecular complexity index is 610. The predicted molar refractivity (Wildman–Crippen MR) is 72.7 cm³/mol. The molecule has 0 aliphatic rings. The number of carboxylic acids is 1. The molecule has 0 unspecified atom stereocenters. The molecule has 20 heavy (non-hydrogen) atoms. The van der Waals surface area contributed by atoms with Gasteiger partial charge in [-0.05, 0) is 17.7 Å². The number of likely N-dealkylation sites (N-methyl/N-ethyl adjacent to an activating group) is 1. The van der Waals surface area contributed by atoms with Gasteiger partial charge in [0.05, 0.1) is 17.9 Å². The van der Waals surface area contributed by atoms with Gasteiger partial charge in [-0.25, -0.2) is 17.9 Å². The van der Waals surface area contributed by atoms with Crippen LogP contribution in [0.5, 0.6) is 0 Å². The maximum absolute atomic E-state index is 11.8. The molecule has 8 heteroatoms. The first-order valence-corrected chi connectivity index (χ1v) is 7.36. The molecule has 0 aromatic heterocycles. The Balaban J connectivity index is 2.74. The monoisotopic (exact) mass is 300 g/mol. The van der Waals surface area contributed by atoms with E-state index in [1.165, 1.54) is 43.3 Å². The average Bonchev–Trinajstić information content (AvgIpc) is 2.35. The van der Waals surface area contributed by atoms with Gasteiger partial charge < -0.3 is 10.0 Å². The van der Waals surface area contributed by atoms with Crippen molar-refractivity contribution in [3.63, 3.8) is 0 Å². The van der Waals surface area contributed by atoms with E-state index >= 15 is 0 Å². The smallest absolute Gasteiger partial charge is 0.335 e. The van der Waals surface area contributed by atoms with E-state index in [1.807, 2.05) is 0 Å². The maximum atomic E-state index is 11.8. The molecule has 0 atom stereocenters. The van der Waals surface area contributed by atoms with Gasteiger partial charge in [0.15, 0.2) is 0 Å². The van der Waals surface area contributed by atoms with Crippen molar-refractivity contribution in [1.29, 1.82) is 0 Å². The van der Waals surface area contributed by atoms with Crippen LogP contribution >= 0.6 is 0 Å². The molecule has 0 radical (unpaired) electrons. The number of nitrogens with zero attached hydrogens (tertiary/aromatic N) is 1. The molecule has 0 bridgehead atoms. The maximum Gasteiger partial charge on any atom is 0.335 e. The lowest BCUT2D eigenvalue weighted by Crippen LogP contribution is -2.36. The normalized spacial score (nSPS) is 11.1. The Morgan fingerprint density at radius 2 is 1.95 bits per heavy atom. The third kappa shape index (κ3) is 4.98. The Morgan fingerprint density at radius 3 is 2.50 bits per heavy atom. The third-order valence-electron chi connectivity index (χ3n) is 2.47. The number of carbonyl (C=O) groups is 2. The minimum Gasteiger partial charge on any atom is -0.478 e. The molecule has 0 heterocycles. The van der Waals surface area contributed by atoms with E-state index in [1.54, 1.807) is 0 Å². The van der Waals surface area contributed by atoms with E-state index < -0.39 is 16.0 Å². The lowest BCUT2D eigenvalue weighted by molar-refractivity contribution is -0.127. The minimum absolute atomic E-state index is 0.0158. The highest BCUT2D eigenvalue weighted by molar-refractivity contribution is 7.88. The summed E-state index contributed by atoms with van der Waals surface area (Å²) in [6.45, 7) is -0.325. The molecule has 1 amide bonds. The quantitative estimate of drug-likeness (QED) is 0.763. The Labute approximate surface area is 117 Å². The fraction of sp³-hybridized carbons (Fsp3) is 0.333. The van der Waals surface area contributed by atoms with Crippen LogP contribution in [0.1, 0.15) is 15.9 Å². The van der Waals surface area contributed by atoms with Gasteiger partial charge >= 0.3 is 5.97 Å². The van der Waals surface area contributed by atoms with Crippen molar-refractivity contribution in [2.24, 2.45) is 0 Å². The number of carbonyl (C=O) groups excluding carboxylic acids is 1. The van der Waals surface area contributed by atoms with Gasteiger partial charge in [-0.15, -0.1) is 0 Å². The molecule has 1 aromatic carbocycles. The summed E-state index contributed by atoms with van der Waals surface area (Å²) in [5.41, 5.74) is 0.358. The second kappa shape index (κ2) is 6.49. The molecule has 7 nitrogen and oxygen atoms in total. The van der Waals surface area contributed by atoms with Gasteiger partial charge in [-0.3, -0.25) is 4.79 Å². The van der Waals surface area contributed by atoms with Gasteiger partial charge in [-0.1, -0.05) is 12.1 Å². The van der Waals surface area contributed by atoms with Crippen LogP contribution in [0, 0.1) is 0 Å². The van der Waals surface area contributed by atoms with Crippen molar-refractivity contribution in [2.45, 2.75) is 5.75 Å². The summed E-state index contributed by atoms with van der Waals surface area (Å²) in [7, 11) is -0.655. The van der Waals surface area contributed by atoms with Crippen LogP contribution in [-0.2, 0) is 20.6 Å². The minimum atomic E-state index is -3.70. The van der Waals surface area contributed by atoms with Crippen LogP contribution in [0.2, 0.25) is 0 Å². The van der Waals surface area contributed by atoms with Crippen molar-refractivity contribution in [3.8, 4) is 0 Å². The van der Waals surface area contributed by atoms with Crippen molar-refractivity contribution < 1.29 is 23.1 Å². The summed E-state index contributed by atoms with van der Waals surface area (Å²) < 4.78 is 25.7. The predicted octanol–water partition coefficient (Wildman–Crippen LogP) is -0.108. The zero-order valence-corrected chi connectivity index (χ0v) is 12.0. The van der Waals surface area contributed by atoms with Crippen LogP contribution in [0.4, 0.5) is 0 Å². The van der Waals surface area contributed by atoms with Crippen LogP contribution in [0.15, 0.2) is 24.3 Å². The number of rotatable bonds is 6. The highest BCUT2D eigenvalue weighted by Gasteiger charge is 2.15. The molecule has 0 fully saturated rings. The molecule has 0 saturated heterocycles. The molecule has 0 saturated carbocycles. The standard InChI is InChI=1S/C12H16N2O5S/c1-14(2)11(15)7-13-20(18,19)8-9-4-3-5-10(6-9)12(16)17/h3-6,13H,7-8H2,1-2H3,(H,16,17). The first-order chi connectivity index (χ1) is 9.21. The summed E-state index contributed by atoms with van der Waals surface area (Å²) >= 11 is 0. The average molecular weight is 300 g/mol. The molecule has 0 aliphatic heterocycles. The Morgan fingerprint density at radius 1 is 1.30 bits per heavy atom. The van der Waals surface area contributed by atoms with Crippen LogP contribution in [-0.4, -0.2) is 50.9 Å². The topological polar surface area (TPSA) is 104 Å². The summed E-state index contributed by atoms with van der Waals surface area (Å²) in [6.07, 6.45) is 0. The van der Waals surface area contributed by atoms with Crippen molar-refractivity contribution >= 4 is 21.9 Å². The van der Waals surface area contributed by atoms with Crippen LogP contribution < -0.4 is 4.72 Å². The van der Waals surface area contributed by atoms with Gasteiger partial charge in [0.2, 0.25) is 15.9 Å². The van der Waals surface area contributed by atoms with Crippen LogP contribution in [0.3, 0.4) is 0 Å². The molecule has 110 valence electrons. The zero-order chi connectivity index (χ0) is 15.3. The van der Waals surface area contributed by atoms with Gasteiger partial charge in [0.25, 0.3) is 0 Å². The number of hydrogen-bond donors (Lipinski definition) is 2. The molecule has 0 spiro atoms. The number of carboxylic acid groups (broad SMARTS) is 1. The Hall–Kier alpha value is -1.93. The number of sulfonamides is 1. The van der Waals surface area contributed by atoms with E-state index in [9.17, 15) is 18.0 Å². The number of nitrogens with one attached hydrogen (secondary N) is 1. The largest absolute Gasteiger partial charge is 0.478 e. The molecular formula is C12H16N2O5S. The number of aromatic carboxylic acids is 1. The number of hydrogen-bond acceptors (Lipinski definition) is 4. The molecule has 1 aromatic rings. The fourth-order valence-electron chi connectivity index (χ4n) is 1.39. The molecule has 0 aliphatic carbocycles. The SMILES string of the molecule is CN(C)C(=O)CNS(=O)(=O)Cc1cccc(C(=O)O)c1. The number of benzene rings is 1.